The third kappa shape index (κ3) is 41.4. The van der Waals surface area contributed by atoms with Gasteiger partial charge in [-0.05, 0) is 20.9 Å². The van der Waals surface area contributed by atoms with Crippen molar-refractivity contribution >= 4 is 0 Å². The van der Waals surface area contributed by atoms with Crippen LogP contribution in [0.15, 0.2) is 0 Å². The van der Waals surface area contributed by atoms with Gasteiger partial charge in [-0.15, -0.1) is 0 Å². The first-order chi connectivity index (χ1) is 21.8. The van der Waals surface area contributed by atoms with Gasteiger partial charge in [-0.25, -0.2) is 0 Å². The predicted molar refractivity (Wildman–Crippen MR) is 165 cm³/mol. The minimum Gasteiger partial charge on any atom is -0.378 e. The molecule has 0 aliphatic carbocycles. The van der Waals surface area contributed by atoms with Crippen molar-refractivity contribution in [3.8, 4) is 0 Å². The summed E-state index contributed by atoms with van der Waals surface area (Å²) >= 11 is 0. The minimum absolute atomic E-state index is 0.232. The van der Waals surface area contributed by atoms with E-state index < -0.39 is 0 Å². The van der Waals surface area contributed by atoms with E-state index in [1.807, 2.05) is 20.9 Å². The van der Waals surface area contributed by atoms with Crippen LogP contribution in [0.25, 0.3) is 0 Å². The number of hydrogen-bond donors (Lipinski definition) is 1. The van der Waals surface area contributed by atoms with E-state index in [1.54, 1.807) is 0 Å². The molecule has 0 saturated heterocycles. The Balaban J connectivity index is 3.03. The van der Waals surface area contributed by atoms with E-state index in [-0.39, 0.29) is 6.10 Å². The molecule has 0 aromatic heterocycles. The Bertz CT molecular complexity index is 510. The molecule has 0 aromatic rings. The van der Waals surface area contributed by atoms with Gasteiger partial charge in [0.2, 0.25) is 0 Å². The average molecular weight is 646 g/mol. The van der Waals surface area contributed by atoms with Gasteiger partial charge in [-0.3, -0.25) is 0 Å². The van der Waals surface area contributed by atoms with Crippen molar-refractivity contribution in [1.29, 1.82) is 0 Å². The quantitative estimate of drug-likeness (QED) is 0.0944. The third-order valence-corrected chi connectivity index (χ3v) is 5.27. The summed E-state index contributed by atoms with van der Waals surface area (Å²) in [6, 6.07) is 0. The van der Waals surface area contributed by atoms with Crippen LogP contribution in [-0.4, -0.2) is 185 Å². The fraction of sp³-hybridized carbons (Fsp3) is 1.00. The monoisotopic (exact) mass is 645 g/mol. The molecule has 0 saturated carbocycles. The van der Waals surface area contributed by atoms with E-state index in [4.69, 9.17) is 61.6 Å². The molecule has 0 aliphatic rings. The van der Waals surface area contributed by atoms with Crippen molar-refractivity contribution in [3.63, 3.8) is 0 Å². The lowest BCUT2D eigenvalue weighted by atomic mass is 10.5. The molecule has 0 spiro atoms. The van der Waals surface area contributed by atoms with Crippen molar-refractivity contribution in [3.05, 3.63) is 0 Å². The Labute approximate surface area is 265 Å². The van der Waals surface area contributed by atoms with E-state index in [1.165, 1.54) is 0 Å². The van der Waals surface area contributed by atoms with Crippen LogP contribution in [0.5, 0.6) is 0 Å². The zero-order chi connectivity index (χ0) is 31.9. The van der Waals surface area contributed by atoms with Crippen LogP contribution in [0.4, 0.5) is 0 Å². The van der Waals surface area contributed by atoms with Crippen LogP contribution in [-0.2, 0) is 61.6 Å². The highest BCUT2D eigenvalue weighted by Crippen LogP contribution is 1.89. The highest BCUT2D eigenvalue weighted by atomic mass is 16.6. The Morgan fingerprint density at radius 3 is 0.659 bits per heavy atom. The molecule has 1 N–H and O–H groups in total. The van der Waals surface area contributed by atoms with Crippen LogP contribution in [0, 0.1) is 0 Å². The number of likely N-dealkylation sites (N-methyl/N-ethyl adjacent to an activating group) is 1. The zero-order valence-electron chi connectivity index (χ0n) is 27.8. The van der Waals surface area contributed by atoms with Crippen LogP contribution >= 0.6 is 0 Å². The summed E-state index contributed by atoms with van der Waals surface area (Å²) in [5, 5.41) is 3.02. The maximum atomic E-state index is 5.48. The molecule has 266 valence electrons. The molecule has 0 aliphatic heterocycles. The van der Waals surface area contributed by atoms with Gasteiger partial charge in [0, 0.05) is 6.54 Å². The molecular weight excluding hydrogens is 582 g/mol. The lowest BCUT2D eigenvalue weighted by Crippen LogP contribution is -2.17. The molecule has 14 heteroatoms. The first-order valence-corrected chi connectivity index (χ1v) is 16.0. The third-order valence-electron chi connectivity index (χ3n) is 5.27. The van der Waals surface area contributed by atoms with Gasteiger partial charge in [0.15, 0.2) is 0 Å². The molecule has 14 nitrogen and oxygen atoms in total. The lowest BCUT2D eigenvalue weighted by Gasteiger charge is -2.09. The van der Waals surface area contributed by atoms with Gasteiger partial charge < -0.3 is 66.9 Å². The van der Waals surface area contributed by atoms with Crippen molar-refractivity contribution in [2.75, 3.05) is 179 Å². The first kappa shape index (κ1) is 43.4. The summed E-state index contributed by atoms with van der Waals surface area (Å²) in [5.74, 6) is 0. The molecule has 0 amide bonds. The fourth-order valence-electron chi connectivity index (χ4n) is 3.04. The summed E-state index contributed by atoms with van der Waals surface area (Å²) in [7, 11) is 1.90. The van der Waals surface area contributed by atoms with Crippen LogP contribution in [0.2, 0.25) is 0 Å². The molecule has 0 atom stereocenters. The van der Waals surface area contributed by atoms with Crippen molar-refractivity contribution in [2.45, 2.75) is 20.0 Å². The van der Waals surface area contributed by atoms with Gasteiger partial charge in [-0.1, -0.05) is 0 Å². The van der Waals surface area contributed by atoms with Crippen LogP contribution in [0.1, 0.15) is 13.8 Å². The van der Waals surface area contributed by atoms with E-state index in [2.05, 4.69) is 5.32 Å². The van der Waals surface area contributed by atoms with Crippen molar-refractivity contribution < 1.29 is 61.6 Å². The van der Waals surface area contributed by atoms with Gasteiger partial charge in [-0.2, -0.15) is 0 Å². The van der Waals surface area contributed by atoms with Gasteiger partial charge in [0.1, 0.15) is 0 Å². The molecule has 0 aromatic carbocycles. The fourth-order valence-corrected chi connectivity index (χ4v) is 3.04. The summed E-state index contributed by atoms with van der Waals surface area (Å²) in [5.41, 5.74) is 0. The summed E-state index contributed by atoms with van der Waals surface area (Å²) in [6.07, 6.45) is 0.232. The Morgan fingerprint density at radius 1 is 0.295 bits per heavy atom. The standard InChI is InChI=1S/C30H63NO13/c1-30(2)44-29-28-43-27-26-42-25-24-41-23-22-40-21-20-39-19-18-38-17-16-37-15-14-36-13-12-35-11-10-34-9-8-33-7-6-32-5-4-31-3/h30-31H,4-29H2,1-3H3. The van der Waals surface area contributed by atoms with Gasteiger partial charge in [0.05, 0.1) is 171 Å². The Kier molecular flexibility index (Phi) is 39.9. The molecule has 0 fully saturated rings. The van der Waals surface area contributed by atoms with Crippen LogP contribution in [0.3, 0.4) is 0 Å². The average Bonchev–Trinajstić information content (AvgIpc) is 3.02. The normalized spacial score (nSPS) is 11.7. The van der Waals surface area contributed by atoms with E-state index in [9.17, 15) is 0 Å². The van der Waals surface area contributed by atoms with Crippen LogP contribution < -0.4 is 5.32 Å². The Morgan fingerprint density at radius 2 is 0.477 bits per heavy atom. The maximum Gasteiger partial charge on any atom is 0.0703 e. The second-order valence-corrected chi connectivity index (χ2v) is 9.37. The molecular formula is C30H63NO13. The first-order valence-electron chi connectivity index (χ1n) is 16.0. The number of ether oxygens (including phenoxy) is 13. The number of nitrogens with one attached hydrogen (secondary N) is 1. The van der Waals surface area contributed by atoms with Crippen molar-refractivity contribution in [1.82, 2.24) is 5.32 Å². The van der Waals surface area contributed by atoms with E-state index in [0.29, 0.717) is 165 Å². The lowest BCUT2D eigenvalue weighted by molar-refractivity contribution is -0.0297. The Hall–Kier alpha value is -0.560. The topological polar surface area (TPSA) is 132 Å². The summed E-state index contributed by atoms with van der Waals surface area (Å²) < 4.78 is 70.7. The van der Waals surface area contributed by atoms with Crippen molar-refractivity contribution in [2.24, 2.45) is 0 Å². The highest BCUT2D eigenvalue weighted by Gasteiger charge is 1.97. The summed E-state index contributed by atoms with van der Waals surface area (Å²) in [6.45, 7) is 18.4. The van der Waals surface area contributed by atoms with Gasteiger partial charge >= 0.3 is 0 Å². The van der Waals surface area contributed by atoms with E-state index in [0.717, 1.165) is 6.54 Å². The predicted octanol–water partition coefficient (Wildman–Crippen LogP) is 0.830. The largest absolute Gasteiger partial charge is 0.378 e. The van der Waals surface area contributed by atoms with E-state index >= 15 is 0 Å². The smallest absolute Gasteiger partial charge is 0.0703 e. The number of rotatable bonds is 40. The molecule has 0 bridgehead atoms. The SMILES string of the molecule is CNCCOCCOCCOCCOCCOCCOCCOCCOCCOCCOCCOCCOCCOC(C)C. The highest BCUT2D eigenvalue weighted by molar-refractivity contribution is 4.41. The maximum absolute atomic E-state index is 5.48. The van der Waals surface area contributed by atoms with Gasteiger partial charge in [0.25, 0.3) is 0 Å². The second kappa shape index (κ2) is 40.5. The molecule has 0 radical (unpaired) electrons. The minimum atomic E-state index is 0.232. The number of hydrogen-bond acceptors (Lipinski definition) is 14. The molecule has 44 heavy (non-hydrogen) atoms. The molecule has 0 heterocycles. The second-order valence-electron chi connectivity index (χ2n) is 9.37. The molecule has 0 rings (SSSR count). The molecule has 0 unspecified atom stereocenters. The summed E-state index contributed by atoms with van der Waals surface area (Å²) in [4.78, 5) is 0. The zero-order valence-corrected chi connectivity index (χ0v) is 27.8.